The van der Waals surface area contributed by atoms with E-state index in [1.807, 2.05) is 18.2 Å². The van der Waals surface area contributed by atoms with Gasteiger partial charge in [-0.25, -0.2) is 14.4 Å². The molecule has 0 aliphatic rings. The average Bonchev–Trinajstić information content (AvgIpc) is 2.48. The van der Waals surface area contributed by atoms with Crippen LogP contribution in [0, 0.1) is 5.82 Å². The summed E-state index contributed by atoms with van der Waals surface area (Å²) in [4.78, 5) is 8.62. The highest BCUT2D eigenvalue weighted by atomic mass is 35.5. The van der Waals surface area contributed by atoms with Gasteiger partial charge in [-0.15, -0.1) is 11.6 Å². The number of nitrogens with zero attached hydrogens (tertiary/aromatic N) is 2. The van der Waals surface area contributed by atoms with Crippen LogP contribution in [0.3, 0.4) is 0 Å². The third-order valence-electron chi connectivity index (χ3n) is 2.96. The third kappa shape index (κ3) is 2.17. The van der Waals surface area contributed by atoms with Crippen LogP contribution in [0.2, 0.25) is 0 Å². The van der Waals surface area contributed by atoms with Crippen molar-refractivity contribution in [3.8, 4) is 11.4 Å². The molecule has 3 rings (SSSR count). The van der Waals surface area contributed by atoms with Crippen molar-refractivity contribution in [3.05, 3.63) is 60.2 Å². The van der Waals surface area contributed by atoms with Crippen molar-refractivity contribution < 1.29 is 4.39 Å². The van der Waals surface area contributed by atoms with Gasteiger partial charge in [0, 0.05) is 17.1 Å². The topological polar surface area (TPSA) is 25.8 Å². The number of aromatic nitrogens is 2. The van der Waals surface area contributed by atoms with Crippen molar-refractivity contribution in [2.24, 2.45) is 0 Å². The summed E-state index contributed by atoms with van der Waals surface area (Å²) in [6.07, 6.45) is 1.66. The Hall–Kier alpha value is -2.00. The van der Waals surface area contributed by atoms with Crippen LogP contribution in [-0.4, -0.2) is 9.97 Å². The number of alkyl halides is 1. The highest BCUT2D eigenvalue weighted by molar-refractivity contribution is 6.16. The Balaban J connectivity index is 2.28. The molecule has 0 saturated heterocycles. The maximum atomic E-state index is 13.8. The lowest BCUT2D eigenvalue weighted by Crippen LogP contribution is -1.94. The molecule has 2 nitrogen and oxygen atoms in total. The number of hydrogen-bond donors (Lipinski definition) is 0. The minimum absolute atomic E-state index is 0.243. The summed E-state index contributed by atoms with van der Waals surface area (Å²) < 4.78 is 13.8. The molecule has 2 aromatic carbocycles. The summed E-state index contributed by atoms with van der Waals surface area (Å²) in [7, 11) is 0. The van der Waals surface area contributed by atoms with E-state index in [4.69, 9.17) is 11.6 Å². The molecular formula is C15H10ClFN2. The fourth-order valence-corrected chi connectivity index (χ4v) is 2.21. The van der Waals surface area contributed by atoms with Crippen LogP contribution in [0.25, 0.3) is 22.2 Å². The van der Waals surface area contributed by atoms with Crippen molar-refractivity contribution in [2.75, 3.05) is 0 Å². The molecule has 0 unspecified atom stereocenters. The van der Waals surface area contributed by atoms with Gasteiger partial charge in [0.25, 0.3) is 0 Å². The predicted octanol–water partition coefficient (Wildman–Crippen LogP) is 4.17. The van der Waals surface area contributed by atoms with E-state index < -0.39 is 0 Å². The first-order valence-electron chi connectivity index (χ1n) is 5.85. The quantitative estimate of drug-likeness (QED) is 0.654. The highest BCUT2D eigenvalue weighted by Crippen LogP contribution is 2.28. The molecule has 19 heavy (non-hydrogen) atoms. The first kappa shape index (κ1) is 12.1. The highest BCUT2D eigenvalue weighted by Gasteiger charge is 2.09. The van der Waals surface area contributed by atoms with Crippen LogP contribution in [0.1, 0.15) is 5.69 Å². The summed E-state index contributed by atoms with van der Waals surface area (Å²) in [6, 6.07) is 12.2. The second-order valence-corrected chi connectivity index (χ2v) is 4.41. The summed E-state index contributed by atoms with van der Waals surface area (Å²) in [5, 5.41) is 1.37. The third-order valence-corrected chi connectivity index (χ3v) is 3.24. The molecule has 0 spiro atoms. The molecule has 3 aromatic rings. The Labute approximate surface area is 114 Å². The molecule has 4 heteroatoms. The molecule has 0 atom stereocenters. The molecule has 0 saturated carbocycles. The fourth-order valence-electron chi connectivity index (χ4n) is 2.06. The van der Waals surface area contributed by atoms with Crippen molar-refractivity contribution in [2.45, 2.75) is 5.88 Å². The molecule has 0 bridgehead atoms. The van der Waals surface area contributed by atoms with E-state index in [1.54, 1.807) is 24.4 Å². The van der Waals surface area contributed by atoms with Crippen LogP contribution in [0.4, 0.5) is 4.39 Å². The Bertz CT molecular complexity index is 743. The summed E-state index contributed by atoms with van der Waals surface area (Å²) in [5.41, 5.74) is 1.56. The Morgan fingerprint density at radius 3 is 2.58 bits per heavy atom. The van der Waals surface area contributed by atoms with E-state index in [9.17, 15) is 4.39 Å². The Morgan fingerprint density at radius 2 is 1.79 bits per heavy atom. The number of benzene rings is 2. The molecule has 0 amide bonds. The van der Waals surface area contributed by atoms with Crippen LogP contribution < -0.4 is 0 Å². The molecule has 1 heterocycles. The summed E-state index contributed by atoms with van der Waals surface area (Å²) in [5.74, 6) is 0.650. The lowest BCUT2D eigenvalue weighted by atomic mass is 10.0. The monoisotopic (exact) mass is 272 g/mol. The van der Waals surface area contributed by atoms with Gasteiger partial charge in [0.2, 0.25) is 0 Å². The van der Waals surface area contributed by atoms with Gasteiger partial charge in [0.15, 0.2) is 5.82 Å². The minimum Gasteiger partial charge on any atom is -0.237 e. The van der Waals surface area contributed by atoms with Crippen LogP contribution in [0.5, 0.6) is 0 Å². The van der Waals surface area contributed by atoms with Crippen LogP contribution in [-0.2, 0) is 5.88 Å². The zero-order valence-corrected chi connectivity index (χ0v) is 10.7. The van der Waals surface area contributed by atoms with E-state index in [0.29, 0.717) is 17.1 Å². The van der Waals surface area contributed by atoms with E-state index in [0.717, 1.165) is 16.6 Å². The van der Waals surface area contributed by atoms with E-state index in [2.05, 4.69) is 9.97 Å². The molecule has 0 aliphatic carbocycles. The second kappa shape index (κ2) is 4.94. The smallest absolute Gasteiger partial charge is 0.160 e. The fraction of sp³-hybridized carbons (Fsp3) is 0.0667. The Morgan fingerprint density at radius 1 is 1.00 bits per heavy atom. The van der Waals surface area contributed by atoms with Crippen LogP contribution >= 0.6 is 11.6 Å². The van der Waals surface area contributed by atoms with Crippen molar-refractivity contribution in [1.29, 1.82) is 0 Å². The average molecular weight is 273 g/mol. The molecular weight excluding hydrogens is 263 g/mol. The molecule has 94 valence electrons. The van der Waals surface area contributed by atoms with Crippen LogP contribution in [0.15, 0.2) is 48.7 Å². The number of rotatable bonds is 2. The zero-order chi connectivity index (χ0) is 13.2. The number of fused-ring (bicyclic) bond motifs is 1. The van der Waals surface area contributed by atoms with Crippen molar-refractivity contribution in [1.82, 2.24) is 9.97 Å². The molecule has 1 aromatic heterocycles. The molecule has 0 aliphatic heterocycles. The number of halogens is 2. The van der Waals surface area contributed by atoms with Gasteiger partial charge in [-0.1, -0.05) is 24.3 Å². The van der Waals surface area contributed by atoms with E-state index in [-0.39, 0.29) is 5.82 Å². The maximum Gasteiger partial charge on any atom is 0.160 e. The van der Waals surface area contributed by atoms with Gasteiger partial charge >= 0.3 is 0 Å². The largest absolute Gasteiger partial charge is 0.237 e. The normalized spacial score (nSPS) is 10.8. The zero-order valence-electron chi connectivity index (χ0n) is 9.98. The Kier molecular flexibility index (Phi) is 3.13. The standard InChI is InChI=1S/C15H10ClFN2/c16-9-10-7-8-18-15(19-10)13-5-6-14(17)12-4-2-1-3-11(12)13/h1-8H,9H2. The lowest BCUT2D eigenvalue weighted by Gasteiger charge is -2.07. The van der Waals surface area contributed by atoms with E-state index >= 15 is 0 Å². The van der Waals surface area contributed by atoms with Gasteiger partial charge in [-0.05, 0) is 23.6 Å². The lowest BCUT2D eigenvalue weighted by molar-refractivity contribution is 0.640. The molecule has 0 radical (unpaired) electrons. The van der Waals surface area contributed by atoms with Gasteiger partial charge in [0.05, 0.1) is 11.6 Å². The van der Waals surface area contributed by atoms with Crippen molar-refractivity contribution in [3.63, 3.8) is 0 Å². The minimum atomic E-state index is -0.243. The van der Waals surface area contributed by atoms with Gasteiger partial charge in [-0.2, -0.15) is 0 Å². The maximum absolute atomic E-state index is 13.8. The molecule has 0 fully saturated rings. The second-order valence-electron chi connectivity index (χ2n) is 4.15. The first-order valence-corrected chi connectivity index (χ1v) is 6.38. The molecule has 0 N–H and O–H groups in total. The van der Waals surface area contributed by atoms with Gasteiger partial charge in [-0.3, -0.25) is 0 Å². The van der Waals surface area contributed by atoms with Crippen molar-refractivity contribution >= 4 is 22.4 Å². The summed E-state index contributed by atoms with van der Waals surface area (Å²) >= 11 is 5.78. The number of hydrogen-bond acceptors (Lipinski definition) is 2. The van der Waals surface area contributed by atoms with Gasteiger partial charge in [0.1, 0.15) is 5.82 Å². The first-order chi connectivity index (χ1) is 9.29. The predicted molar refractivity (Wildman–Crippen MR) is 74.5 cm³/mol. The SMILES string of the molecule is Fc1ccc(-c2nccc(CCl)n2)c2ccccc12. The van der Waals surface area contributed by atoms with Gasteiger partial charge < -0.3 is 0 Å². The summed E-state index contributed by atoms with van der Waals surface area (Å²) in [6.45, 7) is 0. The van der Waals surface area contributed by atoms with E-state index in [1.165, 1.54) is 6.07 Å².